The maximum atomic E-state index is 11.3. The summed E-state index contributed by atoms with van der Waals surface area (Å²) in [6.07, 6.45) is 0. The molecule has 0 fully saturated rings. The molecule has 0 heterocycles. The molecule has 0 spiro atoms. The minimum absolute atomic E-state index is 0.645. The molecule has 0 aliphatic heterocycles. The number of nitrogens with two attached hydrogens (primary N) is 1. The number of hydrogen-bond acceptors (Lipinski definition) is 3. The summed E-state index contributed by atoms with van der Waals surface area (Å²) in [4.78, 5) is 11.3. The third-order valence-electron chi connectivity index (χ3n) is 2.60. The van der Waals surface area contributed by atoms with Gasteiger partial charge in [0.05, 0.1) is 0 Å². The largest absolute Gasteiger partial charge is 0.479 e. The summed E-state index contributed by atoms with van der Waals surface area (Å²) < 4.78 is 0. The lowest BCUT2D eigenvalue weighted by Gasteiger charge is -2.16. The third kappa shape index (κ3) is 2.79. The van der Waals surface area contributed by atoms with Gasteiger partial charge >= 0.3 is 5.97 Å². The Hall–Kier alpha value is -2.49. The number of rotatable bonds is 4. The lowest BCUT2D eigenvalue weighted by Crippen LogP contribution is -2.20. The van der Waals surface area contributed by atoms with Gasteiger partial charge in [0.25, 0.3) is 0 Å². The van der Waals surface area contributed by atoms with Crippen molar-refractivity contribution in [3.05, 3.63) is 60.2 Å². The van der Waals surface area contributed by atoms with Crippen molar-refractivity contribution in [2.75, 3.05) is 11.1 Å². The lowest BCUT2D eigenvalue weighted by atomic mass is 10.1. The molecule has 18 heavy (non-hydrogen) atoms. The van der Waals surface area contributed by atoms with E-state index < -0.39 is 12.0 Å². The summed E-state index contributed by atoms with van der Waals surface area (Å²) in [5.74, 6) is -0.918. The van der Waals surface area contributed by atoms with Crippen LogP contribution in [0.15, 0.2) is 54.6 Å². The van der Waals surface area contributed by atoms with Gasteiger partial charge in [-0.05, 0) is 29.8 Å². The normalized spacial score (nSPS) is 11.8. The van der Waals surface area contributed by atoms with E-state index >= 15 is 0 Å². The van der Waals surface area contributed by atoms with Gasteiger partial charge in [0.1, 0.15) is 0 Å². The topological polar surface area (TPSA) is 75.3 Å². The quantitative estimate of drug-likeness (QED) is 0.720. The van der Waals surface area contributed by atoms with Crippen LogP contribution < -0.4 is 11.1 Å². The number of hydrogen-bond donors (Lipinski definition) is 3. The zero-order valence-corrected chi connectivity index (χ0v) is 9.71. The fraction of sp³-hybridized carbons (Fsp3) is 0.0714. The maximum absolute atomic E-state index is 11.3. The highest BCUT2D eigenvalue weighted by Crippen LogP contribution is 2.20. The fourth-order valence-corrected chi connectivity index (χ4v) is 1.68. The van der Waals surface area contributed by atoms with Gasteiger partial charge in [-0.25, -0.2) is 4.79 Å². The highest BCUT2D eigenvalue weighted by molar-refractivity contribution is 5.79. The summed E-state index contributed by atoms with van der Waals surface area (Å²) in [6, 6.07) is 15.2. The van der Waals surface area contributed by atoms with E-state index in [1.165, 1.54) is 0 Å². The molecule has 4 nitrogen and oxygen atoms in total. The minimum atomic E-state index is -0.918. The van der Waals surface area contributed by atoms with Crippen molar-refractivity contribution in [1.29, 1.82) is 0 Å². The Morgan fingerprint density at radius 1 is 1.06 bits per heavy atom. The van der Waals surface area contributed by atoms with E-state index in [-0.39, 0.29) is 0 Å². The zero-order chi connectivity index (χ0) is 13.0. The molecule has 4 N–H and O–H groups in total. The van der Waals surface area contributed by atoms with Gasteiger partial charge in [-0.3, -0.25) is 0 Å². The molecule has 2 aromatic rings. The predicted molar refractivity (Wildman–Crippen MR) is 71.3 cm³/mol. The second-order valence-electron chi connectivity index (χ2n) is 3.95. The van der Waals surface area contributed by atoms with Crippen molar-refractivity contribution in [2.24, 2.45) is 0 Å². The maximum Gasteiger partial charge on any atom is 0.330 e. The van der Waals surface area contributed by atoms with E-state index in [4.69, 9.17) is 5.73 Å². The van der Waals surface area contributed by atoms with Crippen molar-refractivity contribution in [3.63, 3.8) is 0 Å². The van der Waals surface area contributed by atoms with Crippen molar-refractivity contribution in [1.82, 2.24) is 0 Å². The Morgan fingerprint density at radius 2 is 1.67 bits per heavy atom. The Morgan fingerprint density at radius 3 is 2.22 bits per heavy atom. The molecule has 0 amide bonds. The Balaban J connectivity index is 2.22. The summed E-state index contributed by atoms with van der Waals surface area (Å²) in [5, 5.41) is 12.2. The van der Waals surface area contributed by atoms with E-state index in [0.717, 1.165) is 5.69 Å². The molecular formula is C14H14N2O2. The van der Waals surface area contributed by atoms with Gasteiger partial charge in [0.15, 0.2) is 6.04 Å². The number of nitrogen functional groups attached to an aromatic ring is 1. The van der Waals surface area contributed by atoms with Crippen molar-refractivity contribution in [2.45, 2.75) is 6.04 Å². The lowest BCUT2D eigenvalue weighted by molar-refractivity contribution is -0.138. The van der Waals surface area contributed by atoms with E-state index in [1.54, 1.807) is 36.4 Å². The number of carboxylic acids is 1. The number of anilines is 2. The first-order valence-electron chi connectivity index (χ1n) is 5.56. The van der Waals surface area contributed by atoms with Crippen LogP contribution in [0.25, 0.3) is 0 Å². The molecule has 1 atom stereocenters. The van der Waals surface area contributed by atoms with Crippen LogP contribution in [0, 0.1) is 0 Å². The van der Waals surface area contributed by atoms with Crippen LogP contribution in [0.1, 0.15) is 11.6 Å². The average molecular weight is 242 g/mol. The van der Waals surface area contributed by atoms with Crippen molar-refractivity contribution in [3.8, 4) is 0 Å². The second kappa shape index (κ2) is 5.23. The summed E-state index contributed by atoms with van der Waals surface area (Å²) >= 11 is 0. The standard InChI is InChI=1S/C14H14N2O2/c15-11-6-8-12(9-7-11)16-13(14(17)18)10-4-2-1-3-5-10/h1-9,13,16H,15H2,(H,17,18). The number of carboxylic acid groups (broad SMARTS) is 1. The van der Waals surface area contributed by atoms with E-state index in [0.29, 0.717) is 11.3 Å². The Labute approximate surface area is 105 Å². The monoisotopic (exact) mass is 242 g/mol. The van der Waals surface area contributed by atoms with Crippen LogP contribution in [0.3, 0.4) is 0 Å². The molecule has 0 saturated carbocycles. The highest BCUT2D eigenvalue weighted by atomic mass is 16.4. The van der Waals surface area contributed by atoms with Gasteiger partial charge in [-0.1, -0.05) is 30.3 Å². The molecule has 2 aromatic carbocycles. The molecule has 0 aliphatic carbocycles. The van der Waals surface area contributed by atoms with Crippen molar-refractivity contribution >= 4 is 17.3 Å². The molecule has 0 bridgehead atoms. The number of carbonyl (C=O) groups is 1. The van der Waals surface area contributed by atoms with Crippen molar-refractivity contribution < 1.29 is 9.90 Å². The van der Waals surface area contributed by atoms with E-state index in [2.05, 4.69) is 5.32 Å². The third-order valence-corrected chi connectivity index (χ3v) is 2.60. The van der Waals surface area contributed by atoms with Gasteiger partial charge in [-0.15, -0.1) is 0 Å². The van der Waals surface area contributed by atoms with Gasteiger partial charge < -0.3 is 16.2 Å². The fourth-order valence-electron chi connectivity index (χ4n) is 1.68. The first-order chi connectivity index (χ1) is 8.66. The van der Waals surface area contributed by atoms with Crippen LogP contribution in [-0.4, -0.2) is 11.1 Å². The van der Waals surface area contributed by atoms with Crippen LogP contribution in [0.2, 0.25) is 0 Å². The highest BCUT2D eigenvalue weighted by Gasteiger charge is 2.18. The number of benzene rings is 2. The summed E-state index contributed by atoms with van der Waals surface area (Å²) in [6.45, 7) is 0. The first kappa shape index (κ1) is 12.0. The SMILES string of the molecule is Nc1ccc(NC(C(=O)O)c2ccccc2)cc1. The smallest absolute Gasteiger partial charge is 0.330 e. The number of nitrogens with one attached hydrogen (secondary N) is 1. The zero-order valence-electron chi connectivity index (χ0n) is 9.71. The minimum Gasteiger partial charge on any atom is -0.479 e. The summed E-state index contributed by atoms with van der Waals surface area (Å²) in [7, 11) is 0. The first-order valence-corrected chi connectivity index (χ1v) is 5.56. The van der Waals surface area contributed by atoms with Crippen LogP contribution in [0.4, 0.5) is 11.4 Å². The van der Waals surface area contributed by atoms with E-state index in [9.17, 15) is 9.90 Å². The molecule has 92 valence electrons. The average Bonchev–Trinajstić information content (AvgIpc) is 2.38. The molecule has 1 unspecified atom stereocenters. The molecule has 0 saturated heterocycles. The molecule has 4 heteroatoms. The van der Waals surface area contributed by atoms with Gasteiger partial charge in [-0.2, -0.15) is 0 Å². The Bertz CT molecular complexity index is 523. The van der Waals surface area contributed by atoms with Crippen LogP contribution >= 0.6 is 0 Å². The second-order valence-corrected chi connectivity index (χ2v) is 3.95. The predicted octanol–water partition coefficient (Wildman–Crippen LogP) is 2.51. The molecule has 2 rings (SSSR count). The molecule has 0 aromatic heterocycles. The van der Waals surface area contributed by atoms with Gasteiger partial charge in [0.2, 0.25) is 0 Å². The van der Waals surface area contributed by atoms with Crippen LogP contribution in [-0.2, 0) is 4.79 Å². The summed E-state index contributed by atoms with van der Waals surface area (Å²) in [5.41, 5.74) is 7.66. The molecule has 0 radical (unpaired) electrons. The molecule has 0 aliphatic rings. The van der Waals surface area contributed by atoms with E-state index in [1.807, 2.05) is 18.2 Å². The van der Waals surface area contributed by atoms with Gasteiger partial charge in [0, 0.05) is 11.4 Å². The number of aliphatic carboxylic acids is 1. The molecular weight excluding hydrogens is 228 g/mol. The van der Waals surface area contributed by atoms with Crippen LogP contribution in [0.5, 0.6) is 0 Å². The Kier molecular flexibility index (Phi) is 3.48.